The van der Waals surface area contributed by atoms with Gasteiger partial charge in [0.1, 0.15) is 58.8 Å². The summed E-state index contributed by atoms with van der Waals surface area (Å²) in [4.78, 5) is 59.0. The van der Waals surface area contributed by atoms with Crippen LogP contribution in [0.25, 0.3) is 44.5 Å². The van der Waals surface area contributed by atoms with Gasteiger partial charge in [-0.05, 0) is 255 Å². The first kappa shape index (κ1) is 103. The number of nitrogens with zero attached hydrogens (tertiary/aromatic N) is 4. The Morgan fingerprint density at radius 1 is 0.396 bits per heavy atom. The predicted octanol–water partition coefficient (Wildman–Crippen LogP) is 29.1. The topological polar surface area (TPSA) is 137 Å². The molecule has 0 spiro atoms. The van der Waals surface area contributed by atoms with E-state index in [0.29, 0.717) is 96.3 Å². The Kier molecular flexibility index (Phi) is 32.9. The molecule has 4 aliphatic heterocycles. The minimum absolute atomic E-state index is 0.0186. The van der Waals surface area contributed by atoms with Crippen LogP contribution in [-0.2, 0) is 70.6 Å². The number of methoxy groups -OCH3 is 3. The van der Waals surface area contributed by atoms with Crippen LogP contribution in [0.1, 0.15) is 225 Å². The lowest BCUT2D eigenvalue weighted by molar-refractivity contribution is -0.137. The van der Waals surface area contributed by atoms with E-state index in [2.05, 4.69) is 54.6 Å². The molecule has 4 saturated heterocycles. The fourth-order valence-corrected chi connectivity index (χ4v) is 19.5. The molecule has 4 fully saturated rings. The van der Waals surface area contributed by atoms with E-state index in [9.17, 15) is 49.9 Å². The summed E-state index contributed by atoms with van der Waals surface area (Å²) in [6.45, 7) is 37.0. The van der Waals surface area contributed by atoms with Gasteiger partial charge in [0.2, 0.25) is 5.91 Å². The van der Waals surface area contributed by atoms with Crippen molar-refractivity contribution in [1.82, 2.24) is 19.6 Å². The Balaban J connectivity index is 0.000000156. The zero-order valence-electron chi connectivity index (χ0n) is 83.6. The fourth-order valence-electron chi connectivity index (χ4n) is 19.5. The summed E-state index contributed by atoms with van der Waals surface area (Å²) in [6.07, 6.45) is -3.30. The lowest BCUT2D eigenvalue weighted by atomic mass is 9.89. The summed E-state index contributed by atoms with van der Waals surface area (Å²) in [6, 6.07) is 71.9. The van der Waals surface area contributed by atoms with Crippen LogP contribution in [0.15, 0.2) is 231 Å². The lowest BCUT2D eigenvalue weighted by Crippen LogP contribution is -2.43. The first-order chi connectivity index (χ1) is 66.0. The predicted molar refractivity (Wildman–Crippen MR) is 537 cm³/mol. The molecule has 21 heteroatoms. The van der Waals surface area contributed by atoms with Gasteiger partial charge < -0.3 is 33.3 Å². The van der Waals surface area contributed by atoms with Crippen LogP contribution in [0.2, 0.25) is 0 Å². The number of carbonyl (C=O) groups is 4. The normalized spacial score (nSPS) is 17.3. The molecule has 0 radical (unpaired) electrons. The smallest absolute Gasteiger partial charge is 0.416 e. The number of likely N-dealkylation sites (tertiary alicyclic amines) is 1. The molecule has 14 nitrogen and oxygen atoms in total. The van der Waals surface area contributed by atoms with Gasteiger partial charge in [-0.2, -0.15) is 13.2 Å². The van der Waals surface area contributed by atoms with E-state index in [1.165, 1.54) is 24.3 Å². The Bertz CT molecular complexity index is 6420. The number of benzene rings is 12. The van der Waals surface area contributed by atoms with Crippen LogP contribution in [0.3, 0.4) is 0 Å². The number of cyclic esters (lactones) is 3. The standard InChI is InChI=1S/C31H33F4NO.C30H34FNO3.C29H32FNO3.C28H30FNO3/c1-17(2)26-14-27(20(5)12-29(26)32)25-8-7-18(3)9-23(25)16-36-21(6)28(15-30(36)37)22-10-19(4)11-24(13-22)31(33,34)35;1-19(2)24-16-25(27(34-6)17-26(24)31)23-13-12-20(3)14-22(23)18-32-28(30(4,5)35-29(32)33)15-21-10-8-7-9-11-21;1-18(2)24-15-25(28(33-5)16-26(24)30)23-12-11-19(3)13-22(23)17-31-27(20(4)34-29(31)32)14-21-9-7-6-8-10-21;1-18(2)24-14-25(27(32-4)15-26(24)29)23-11-10-19(3)12-21(23)16-30-22(17-33-28(30)31)13-20-8-6-5-7-9-20/h7-14,17,21,28H,15-16H2,1-6H3;7-14,16-17,19,28H,15,18H2,1-6H3;6-13,15-16,18,20,27H,14,17H2,1-5H3;5-12,14-15,18,22H,13,16-17H2,1-4H3/t21-,28-;28-;20-,27+;22-/m0011/s1. The largest absolute Gasteiger partial charge is 0.496 e. The number of alkyl halides is 3. The molecule has 139 heavy (non-hydrogen) atoms. The van der Waals surface area contributed by atoms with Crippen molar-refractivity contribution < 1.29 is 78.3 Å². The minimum atomic E-state index is -4.44. The second kappa shape index (κ2) is 44.3. The number of hydrogen-bond acceptors (Lipinski definition) is 10. The number of ether oxygens (including phenoxy) is 6. The molecule has 730 valence electrons. The second-order valence-electron chi connectivity index (χ2n) is 39.2. The van der Waals surface area contributed by atoms with Gasteiger partial charge in [0.15, 0.2) is 0 Å². The summed E-state index contributed by atoms with van der Waals surface area (Å²) in [5, 5.41) is 0. The highest BCUT2D eigenvalue weighted by atomic mass is 19.4. The molecule has 0 aliphatic carbocycles. The molecule has 12 aromatic rings. The molecule has 4 aliphatic rings. The van der Waals surface area contributed by atoms with Gasteiger partial charge in [-0.25, -0.2) is 31.9 Å². The summed E-state index contributed by atoms with van der Waals surface area (Å²) < 4.78 is 133. The minimum Gasteiger partial charge on any atom is -0.496 e. The second-order valence-corrected chi connectivity index (χ2v) is 39.2. The fraction of sp³-hybridized carbons (Fsp3) is 0.356. The Morgan fingerprint density at radius 2 is 0.770 bits per heavy atom. The molecular weight excluding hydrogens is 1770 g/mol. The highest BCUT2D eigenvalue weighted by Crippen LogP contribution is 2.46. The number of carbonyl (C=O) groups excluding carboxylic acids is 4. The highest BCUT2D eigenvalue weighted by Gasteiger charge is 2.48. The summed E-state index contributed by atoms with van der Waals surface area (Å²) in [5.74, 6) is 0.0719. The van der Waals surface area contributed by atoms with Crippen LogP contribution in [-0.4, -0.2) is 108 Å². The van der Waals surface area contributed by atoms with E-state index in [4.69, 9.17) is 28.4 Å². The summed E-state index contributed by atoms with van der Waals surface area (Å²) >= 11 is 0. The average molecular weight is 1900 g/mol. The van der Waals surface area contributed by atoms with E-state index in [0.717, 1.165) is 124 Å². The number of aryl methyl sites for hydroxylation is 6. The van der Waals surface area contributed by atoms with Crippen LogP contribution in [0.4, 0.5) is 45.1 Å². The Hall–Kier alpha value is -13.2. The van der Waals surface area contributed by atoms with E-state index >= 15 is 0 Å². The van der Waals surface area contributed by atoms with E-state index in [1.807, 2.05) is 261 Å². The lowest BCUT2D eigenvalue weighted by Gasteiger charge is -2.30. The van der Waals surface area contributed by atoms with Gasteiger partial charge in [0.25, 0.3) is 0 Å². The van der Waals surface area contributed by atoms with Crippen molar-refractivity contribution in [3.8, 4) is 61.8 Å². The maximum atomic E-state index is 14.7. The number of rotatable bonds is 26. The SMILES string of the molecule is COc1cc(F)c(C(C)C)cc1-c1ccc(C)cc1CN1C(=O)OC(C)(C)[C@@H]1Cc1ccccc1.COc1cc(F)c(C(C)C)cc1-c1ccc(C)cc1CN1C(=O)OC[C@H]1Cc1ccccc1.COc1cc(F)c(C(C)C)cc1-c1ccc(C)cc1CN1C(=O)O[C@H](C)[C@@H]1Cc1ccccc1.Cc1cc([C@H]2CC(=O)N(Cc3cc(C)ccc3-c3cc(C(C)C)c(F)cc3C)[C@H]2C)cc(C(F)(F)F)c1. The molecule has 12 aromatic carbocycles. The Labute approximate surface area is 814 Å². The molecule has 0 unspecified atom stereocenters. The van der Waals surface area contributed by atoms with Crippen molar-refractivity contribution in [3.05, 3.63) is 359 Å². The van der Waals surface area contributed by atoms with Crippen molar-refractivity contribution in [3.63, 3.8) is 0 Å². The van der Waals surface area contributed by atoms with Crippen molar-refractivity contribution in [2.45, 2.75) is 248 Å². The van der Waals surface area contributed by atoms with E-state index < -0.39 is 17.3 Å². The van der Waals surface area contributed by atoms with E-state index in [1.54, 1.807) is 50.2 Å². The maximum absolute atomic E-state index is 14.7. The third-order valence-corrected chi connectivity index (χ3v) is 27.2. The average Bonchev–Trinajstić information content (AvgIpc) is 1.69. The van der Waals surface area contributed by atoms with Crippen molar-refractivity contribution in [1.29, 1.82) is 0 Å². The monoisotopic (exact) mass is 1890 g/mol. The third-order valence-electron chi connectivity index (χ3n) is 27.2. The summed E-state index contributed by atoms with van der Waals surface area (Å²) in [5.41, 5.74) is 21.8. The van der Waals surface area contributed by atoms with Crippen molar-refractivity contribution in [2.24, 2.45) is 0 Å². The van der Waals surface area contributed by atoms with Gasteiger partial charge in [-0.3, -0.25) is 19.5 Å². The molecule has 0 bridgehead atoms. The zero-order valence-corrected chi connectivity index (χ0v) is 83.6. The first-order valence-corrected chi connectivity index (χ1v) is 47.8. The van der Waals surface area contributed by atoms with Gasteiger partial charge in [0.05, 0.1) is 64.7 Å². The molecular formula is C118H129F7N4O10. The molecule has 4 amide bonds. The molecule has 0 saturated carbocycles. The van der Waals surface area contributed by atoms with Crippen molar-refractivity contribution in [2.75, 3.05) is 27.9 Å². The van der Waals surface area contributed by atoms with Gasteiger partial charge in [-0.15, -0.1) is 0 Å². The molecule has 16 rings (SSSR count). The maximum Gasteiger partial charge on any atom is 0.416 e. The van der Waals surface area contributed by atoms with Gasteiger partial charge in [0, 0.05) is 59.8 Å². The van der Waals surface area contributed by atoms with Gasteiger partial charge in [-0.1, -0.05) is 253 Å². The quantitative estimate of drug-likeness (QED) is 0.0381. The third kappa shape index (κ3) is 24.2. The zero-order chi connectivity index (χ0) is 100. The van der Waals surface area contributed by atoms with Crippen LogP contribution >= 0.6 is 0 Å². The van der Waals surface area contributed by atoms with E-state index in [-0.39, 0.29) is 114 Å². The number of amides is 4. The molecule has 6 atom stereocenters. The Morgan fingerprint density at radius 3 is 1.18 bits per heavy atom. The summed E-state index contributed by atoms with van der Waals surface area (Å²) in [7, 11) is 4.66. The molecule has 0 aromatic heterocycles. The first-order valence-electron chi connectivity index (χ1n) is 47.8. The number of hydrogen-bond donors (Lipinski definition) is 0. The number of halogens is 7. The molecule has 4 heterocycles. The van der Waals surface area contributed by atoms with Crippen molar-refractivity contribution >= 4 is 24.2 Å². The van der Waals surface area contributed by atoms with Crippen LogP contribution in [0.5, 0.6) is 17.2 Å². The highest BCUT2D eigenvalue weighted by molar-refractivity contribution is 5.83. The van der Waals surface area contributed by atoms with Crippen LogP contribution in [0, 0.1) is 64.8 Å². The van der Waals surface area contributed by atoms with Crippen LogP contribution < -0.4 is 14.2 Å². The molecule has 0 N–H and O–H groups in total. The van der Waals surface area contributed by atoms with Gasteiger partial charge >= 0.3 is 24.5 Å².